The summed E-state index contributed by atoms with van der Waals surface area (Å²) in [5.74, 6) is -0.966. The highest BCUT2D eigenvalue weighted by atomic mass is 16.6. The summed E-state index contributed by atoms with van der Waals surface area (Å²) in [4.78, 5) is 26.7. The number of carbonyl (C=O) groups is 2. The second-order valence-corrected chi connectivity index (χ2v) is 5.74. The van der Waals surface area contributed by atoms with Crippen molar-refractivity contribution in [2.45, 2.75) is 90.9 Å². The van der Waals surface area contributed by atoms with Gasteiger partial charge in [0, 0.05) is 6.42 Å². The van der Waals surface area contributed by atoms with Crippen molar-refractivity contribution in [2.75, 3.05) is 6.54 Å². The summed E-state index contributed by atoms with van der Waals surface area (Å²) < 4.78 is 4.71. The molecule has 0 spiro atoms. The molecule has 0 unspecified atom stereocenters. The van der Waals surface area contributed by atoms with Crippen molar-refractivity contribution in [3.05, 3.63) is 0 Å². The largest absolute Gasteiger partial charge is 0.392 e. The third kappa shape index (κ3) is 15.2. The molecule has 0 amide bonds. The first kappa shape index (κ1) is 20.8. The van der Waals surface area contributed by atoms with Gasteiger partial charge in [0.15, 0.2) is 0 Å². The number of unbranched alkanes of at least 4 members (excludes halogenated alkanes) is 9. The fraction of sp³-hybridized carbons (Fsp3) is 0.833. The lowest BCUT2D eigenvalue weighted by Gasteiger charge is -2.02. The Bertz CT molecular complexity index is 313. The molecule has 0 heterocycles. The summed E-state index contributed by atoms with van der Waals surface area (Å²) in [6.45, 7) is 4.21. The van der Waals surface area contributed by atoms with Gasteiger partial charge in [-0.3, -0.25) is 9.79 Å². The number of hydrogen-bond donors (Lipinski definition) is 0. The van der Waals surface area contributed by atoms with Gasteiger partial charge in [-0.05, 0) is 19.1 Å². The molecule has 0 fully saturated rings. The number of hydrogen-bond acceptors (Lipinski definition) is 4. The first-order valence-electron chi connectivity index (χ1n) is 8.92. The van der Waals surface area contributed by atoms with Gasteiger partial charge in [-0.15, -0.1) is 0 Å². The van der Waals surface area contributed by atoms with Crippen LogP contribution in [0.5, 0.6) is 0 Å². The van der Waals surface area contributed by atoms with Crippen LogP contribution >= 0.6 is 0 Å². The van der Waals surface area contributed by atoms with Gasteiger partial charge in [-0.2, -0.15) is 0 Å². The smallest absolute Gasteiger partial charge is 0.335 e. The van der Waals surface area contributed by atoms with Crippen molar-refractivity contribution in [1.82, 2.24) is 0 Å². The minimum Gasteiger partial charge on any atom is -0.392 e. The maximum absolute atomic E-state index is 11.5. The van der Waals surface area contributed by atoms with Gasteiger partial charge in [-0.25, -0.2) is 4.79 Å². The van der Waals surface area contributed by atoms with E-state index in [2.05, 4.69) is 11.9 Å². The number of ether oxygens (including phenoxy) is 1. The molecule has 4 nitrogen and oxygen atoms in total. The number of rotatable bonds is 14. The van der Waals surface area contributed by atoms with Crippen LogP contribution in [-0.2, 0) is 14.3 Å². The third-order valence-corrected chi connectivity index (χ3v) is 3.48. The summed E-state index contributed by atoms with van der Waals surface area (Å²) in [6, 6.07) is 0. The Morgan fingerprint density at radius 1 is 0.818 bits per heavy atom. The second-order valence-electron chi connectivity index (χ2n) is 5.74. The Kier molecular flexibility index (Phi) is 15.3. The van der Waals surface area contributed by atoms with E-state index in [1.165, 1.54) is 38.5 Å². The monoisotopic (exact) mass is 311 g/mol. The van der Waals surface area contributed by atoms with Crippen LogP contribution in [0, 0.1) is 0 Å². The molecule has 0 saturated carbocycles. The van der Waals surface area contributed by atoms with Crippen LogP contribution in [0.15, 0.2) is 4.99 Å². The molecule has 22 heavy (non-hydrogen) atoms. The molecule has 0 saturated heterocycles. The Morgan fingerprint density at radius 3 is 2.00 bits per heavy atom. The van der Waals surface area contributed by atoms with Crippen LogP contribution in [0.3, 0.4) is 0 Å². The minimum absolute atomic E-state index is 0.0521. The molecular formula is C18H33NO3. The van der Waals surface area contributed by atoms with Crippen molar-refractivity contribution in [2.24, 2.45) is 4.99 Å². The molecule has 0 radical (unpaired) electrons. The third-order valence-electron chi connectivity index (χ3n) is 3.48. The molecule has 0 aliphatic rings. The van der Waals surface area contributed by atoms with Gasteiger partial charge in [-0.1, -0.05) is 71.6 Å². The lowest BCUT2D eigenvalue weighted by atomic mass is 10.1. The Balaban J connectivity index is 3.40. The maximum Gasteiger partial charge on any atom is 0.335 e. The van der Waals surface area contributed by atoms with Gasteiger partial charge in [0.25, 0.3) is 0 Å². The quantitative estimate of drug-likeness (QED) is 0.199. The molecule has 0 aromatic carbocycles. The number of carbonyl (C=O) groups excluding carboxylic acids is 2. The van der Waals surface area contributed by atoms with Crippen LogP contribution in [0.1, 0.15) is 90.9 Å². The van der Waals surface area contributed by atoms with Gasteiger partial charge in [0.05, 0.1) is 0 Å². The molecular weight excluding hydrogens is 278 g/mol. The zero-order chi connectivity index (χ0) is 16.5. The van der Waals surface area contributed by atoms with E-state index in [-0.39, 0.29) is 6.54 Å². The van der Waals surface area contributed by atoms with E-state index in [4.69, 9.17) is 4.74 Å². The van der Waals surface area contributed by atoms with Gasteiger partial charge in [0.2, 0.25) is 0 Å². The van der Waals surface area contributed by atoms with E-state index in [1.54, 1.807) is 6.21 Å². The lowest BCUT2D eigenvalue weighted by Crippen LogP contribution is -2.14. The van der Waals surface area contributed by atoms with Crippen molar-refractivity contribution < 1.29 is 14.3 Å². The fourth-order valence-corrected chi connectivity index (χ4v) is 2.15. The number of esters is 2. The summed E-state index contributed by atoms with van der Waals surface area (Å²) in [7, 11) is 0. The summed E-state index contributed by atoms with van der Waals surface area (Å²) >= 11 is 0. The lowest BCUT2D eigenvalue weighted by molar-refractivity contribution is -0.158. The van der Waals surface area contributed by atoms with Crippen LogP contribution in [0.2, 0.25) is 0 Å². The van der Waals surface area contributed by atoms with Crippen molar-refractivity contribution >= 4 is 18.2 Å². The summed E-state index contributed by atoms with van der Waals surface area (Å²) in [5.41, 5.74) is 0. The molecule has 0 bridgehead atoms. The van der Waals surface area contributed by atoms with Crippen LogP contribution in [-0.4, -0.2) is 24.7 Å². The van der Waals surface area contributed by atoms with E-state index in [9.17, 15) is 9.59 Å². The van der Waals surface area contributed by atoms with Gasteiger partial charge in [0.1, 0.15) is 6.54 Å². The van der Waals surface area contributed by atoms with Crippen molar-refractivity contribution in [3.63, 3.8) is 0 Å². The molecule has 0 aliphatic heterocycles. The Morgan fingerprint density at radius 2 is 1.41 bits per heavy atom. The van der Waals surface area contributed by atoms with Crippen LogP contribution in [0.25, 0.3) is 0 Å². The Hall–Kier alpha value is -1.19. The average molecular weight is 311 g/mol. The van der Waals surface area contributed by atoms with E-state index in [0.717, 1.165) is 32.1 Å². The minimum atomic E-state index is -0.548. The molecule has 0 aromatic heterocycles. The molecule has 4 heteroatoms. The fourth-order valence-electron chi connectivity index (χ4n) is 2.15. The molecule has 0 aromatic rings. The van der Waals surface area contributed by atoms with Gasteiger partial charge < -0.3 is 4.74 Å². The molecule has 0 aliphatic carbocycles. The second kappa shape index (κ2) is 16.2. The van der Waals surface area contributed by atoms with Crippen molar-refractivity contribution in [1.29, 1.82) is 0 Å². The number of nitrogens with zero attached hydrogens (tertiary/aromatic N) is 1. The molecule has 128 valence electrons. The Labute approximate surface area is 135 Å². The highest BCUT2D eigenvalue weighted by Gasteiger charge is 2.08. The van der Waals surface area contributed by atoms with Crippen molar-refractivity contribution in [3.8, 4) is 0 Å². The average Bonchev–Trinajstić information content (AvgIpc) is 2.50. The topological polar surface area (TPSA) is 55.7 Å². The van der Waals surface area contributed by atoms with E-state index >= 15 is 0 Å². The van der Waals surface area contributed by atoms with Crippen LogP contribution in [0.4, 0.5) is 0 Å². The first-order valence-corrected chi connectivity index (χ1v) is 8.92. The predicted molar refractivity (Wildman–Crippen MR) is 91.2 cm³/mol. The van der Waals surface area contributed by atoms with Gasteiger partial charge >= 0.3 is 11.9 Å². The maximum atomic E-state index is 11.5. The first-order chi connectivity index (χ1) is 10.7. The highest BCUT2D eigenvalue weighted by molar-refractivity contribution is 5.87. The highest BCUT2D eigenvalue weighted by Crippen LogP contribution is 2.10. The standard InChI is InChI=1S/C18H33NO3/c1-3-5-7-8-9-10-11-12-13-14-17(20)22-18(21)16-19-15-6-4-2/h15H,3-14,16H2,1-2H3. The SMILES string of the molecule is CCCC=NCC(=O)OC(=O)CCCCCCCCCCC. The summed E-state index contributed by atoms with van der Waals surface area (Å²) in [5, 5.41) is 0. The van der Waals surface area contributed by atoms with E-state index in [1.807, 2.05) is 6.92 Å². The molecule has 0 N–H and O–H groups in total. The molecule has 0 rings (SSSR count). The normalized spacial score (nSPS) is 11.0. The zero-order valence-corrected chi connectivity index (χ0v) is 14.4. The predicted octanol–water partition coefficient (Wildman–Crippen LogP) is 4.85. The van der Waals surface area contributed by atoms with Crippen LogP contribution < -0.4 is 0 Å². The zero-order valence-electron chi connectivity index (χ0n) is 14.4. The molecule has 0 atom stereocenters. The number of aliphatic imine (C=N–C) groups is 1. The van der Waals surface area contributed by atoms with E-state index < -0.39 is 11.9 Å². The summed E-state index contributed by atoms with van der Waals surface area (Å²) in [6.07, 6.45) is 14.7. The van der Waals surface area contributed by atoms with E-state index in [0.29, 0.717) is 6.42 Å².